The van der Waals surface area contributed by atoms with Crippen molar-refractivity contribution in [2.24, 2.45) is 11.3 Å². The van der Waals surface area contributed by atoms with E-state index in [0.29, 0.717) is 25.1 Å². The van der Waals surface area contributed by atoms with Gasteiger partial charge in [-0.05, 0) is 77.3 Å². The average Bonchev–Trinajstić information content (AvgIpc) is 3.53. The SMILES string of the molecule is C/C(=C\C(C(C)C)N(C)C(=O)C(NC(=O)[C@H]1CCCCN1C(C)C)C(C)(C)C)C(=O)N1CCCC1C(=O)NCCCN1CCOCC1. The Morgan fingerprint density at radius 2 is 1.57 bits per heavy atom. The molecule has 3 rings (SSSR count). The topological polar surface area (TPSA) is 115 Å². The standard InChI is InChI=1S/C36H64N6O5/c1-25(2)30(39(9)35(46)31(36(6,7)8)38-33(44)29-14-10-11-18-41(29)26(3)4)24-27(5)34(45)42-19-12-15-28(42)32(43)37-16-13-17-40-20-22-47-23-21-40/h24-26,28-31H,10-23H2,1-9H3,(H,37,43)(H,38,44)/b27-24+/t28?,29-,30?,31?/m1/s1. The number of hydrogen-bond acceptors (Lipinski definition) is 7. The summed E-state index contributed by atoms with van der Waals surface area (Å²) in [5.74, 6) is -0.529. The Kier molecular flexibility index (Phi) is 14.7. The lowest BCUT2D eigenvalue weighted by atomic mass is 9.84. The molecule has 3 saturated heterocycles. The number of carbonyl (C=O) groups excluding carboxylic acids is 4. The van der Waals surface area contributed by atoms with Gasteiger partial charge in [0.05, 0.1) is 25.3 Å². The molecule has 47 heavy (non-hydrogen) atoms. The van der Waals surface area contributed by atoms with E-state index in [2.05, 4.69) is 34.3 Å². The number of amides is 4. The van der Waals surface area contributed by atoms with Gasteiger partial charge in [0.2, 0.25) is 23.6 Å². The third kappa shape index (κ3) is 10.7. The summed E-state index contributed by atoms with van der Waals surface area (Å²) in [5, 5.41) is 6.20. The summed E-state index contributed by atoms with van der Waals surface area (Å²) in [4.78, 5) is 62.6. The zero-order chi connectivity index (χ0) is 34.9. The number of piperidine rings is 1. The van der Waals surface area contributed by atoms with E-state index >= 15 is 0 Å². The second-order valence-corrected chi connectivity index (χ2v) is 15.4. The fraction of sp³-hybridized carbons (Fsp3) is 0.833. The number of ether oxygens (including phenoxy) is 1. The van der Waals surface area contributed by atoms with Crippen molar-refractivity contribution < 1.29 is 23.9 Å². The van der Waals surface area contributed by atoms with Gasteiger partial charge in [-0.3, -0.25) is 29.0 Å². The summed E-state index contributed by atoms with van der Waals surface area (Å²) in [5.41, 5.74) is -0.00579. The minimum absolute atomic E-state index is 0.0157. The van der Waals surface area contributed by atoms with E-state index in [1.54, 1.807) is 23.8 Å². The van der Waals surface area contributed by atoms with E-state index in [1.807, 2.05) is 40.7 Å². The van der Waals surface area contributed by atoms with Gasteiger partial charge in [0.15, 0.2) is 0 Å². The molecule has 2 N–H and O–H groups in total. The lowest BCUT2D eigenvalue weighted by Crippen LogP contribution is -2.60. The number of likely N-dealkylation sites (tertiary alicyclic amines) is 2. The Balaban J connectivity index is 1.67. The number of morpholine rings is 1. The van der Waals surface area contributed by atoms with Crippen LogP contribution in [0.15, 0.2) is 11.6 Å². The van der Waals surface area contributed by atoms with Gasteiger partial charge in [0.25, 0.3) is 0 Å². The molecule has 0 aromatic heterocycles. The van der Waals surface area contributed by atoms with Crippen molar-refractivity contribution in [2.45, 2.75) is 124 Å². The molecule has 3 unspecified atom stereocenters. The molecule has 4 amide bonds. The van der Waals surface area contributed by atoms with Gasteiger partial charge in [-0.15, -0.1) is 0 Å². The zero-order valence-electron chi connectivity index (χ0n) is 30.8. The van der Waals surface area contributed by atoms with Crippen LogP contribution in [0.4, 0.5) is 0 Å². The highest BCUT2D eigenvalue weighted by Crippen LogP contribution is 2.27. The third-order valence-electron chi connectivity index (χ3n) is 10.0. The van der Waals surface area contributed by atoms with Crippen LogP contribution in [0.5, 0.6) is 0 Å². The first-order valence-corrected chi connectivity index (χ1v) is 18.0. The van der Waals surface area contributed by atoms with Crippen LogP contribution in [0.25, 0.3) is 0 Å². The summed E-state index contributed by atoms with van der Waals surface area (Å²) in [6.07, 6.45) is 7.00. The molecule has 0 aromatic rings. The molecule has 11 heteroatoms. The summed E-state index contributed by atoms with van der Waals surface area (Å²) < 4.78 is 5.41. The van der Waals surface area contributed by atoms with Crippen LogP contribution >= 0.6 is 0 Å². The summed E-state index contributed by atoms with van der Waals surface area (Å²) in [6, 6.07) is -1.59. The Labute approximate surface area is 284 Å². The zero-order valence-corrected chi connectivity index (χ0v) is 30.8. The lowest BCUT2D eigenvalue weighted by Gasteiger charge is -2.41. The molecular formula is C36H64N6O5. The Morgan fingerprint density at radius 1 is 0.915 bits per heavy atom. The molecule has 3 aliphatic rings. The Morgan fingerprint density at radius 3 is 2.19 bits per heavy atom. The maximum Gasteiger partial charge on any atom is 0.249 e. The van der Waals surface area contributed by atoms with Crippen LogP contribution < -0.4 is 10.6 Å². The van der Waals surface area contributed by atoms with Crippen molar-refractivity contribution in [2.75, 3.05) is 59.5 Å². The number of rotatable bonds is 13. The Hall–Kier alpha value is -2.50. The molecule has 3 fully saturated rings. The number of nitrogens with zero attached hydrogens (tertiary/aromatic N) is 4. The minimum Gasteiger partial charge on any atom is -0.379 e. The van der Waals surface area contributed by atoms with Crippen LogP contribution in [0.3, 0.4) is 0 Å². The lowest BCUT2D eigenvalue weighted by molar-refractivity contribution is -0.142. The molecule has 0 radical (unpaired) electrons. The van der Waals surface area contributed by atoms with Crippen molar-refractivity contribution in [3.63, 3.8) is 0 Å². The molecule has 0 spiro atoms. The molecular weight excluding hydrogens is 596 g/mol. The molecule has 0 saturated carbocycles. The van der Waals surface area contributed by atoms with Gasteiger partial charge >= 0.3 is 0 Å². The first-order valence-electron chi connectivity index (χ1n) is 18.0. The van der Waals surface area contributed by atoms with E-state index < -0.39 is 17.5 Å². The maximum absolute atomic E-state index is 14.2. The highest BCUT2D eigenvalue weighted by atomic mass is 16.5. The van der Waals surface area contributed by atoms with E-state index in [-0.39, 0.29) is 47.7 Å². The van der Waals surface area contributed by atoms with Gasteiger partial charge in [-0.25, -0.2) is 0 Å². The van der Waals surface area contributed by atoms with Crippen LogP contribution in [0, 0.1) is 11.3 Å². The van der Waals surface area contributed by atoms with Gasteiger partial charge < -0.3 is 25.2 Å². The molecule has 0 bridgehead atoms. The first-order chi connectivity index (χ1) is 22.1. The number of carbonyl (C=O) groups is 4. The Bertz CT molecular complexity index is 1100. The number of likely N-dealkylation sites (N-methyl/N-ethyl adjacent to an activating group) is 1. The highest BCUT2D eigenvalue weighted by Gasteiger charge is 2.40. The second kappa shape index (κ2) is 17.8. The minimum atomic E-state index is -0.725. The highest BCUT2D eigenvalue weighted by molar-refractivity contribution is 5.97. The molecule has 11 nitrogen and oxygen atoms in total. The van der Waals surface area contributed by atoms with Crippen molar-refractivity contribution in [3.8, 4) is 0 Å². The number of hydrogen-bond donors (Lipinski definition) is 2. The molecule has 3 heterocycles. The van der Waals surface area contributed by atoms with E-state index in [0.717, 1.165) is 71.5 Å². The third-order valence-corrected chi connectivity index (χ3v) is 10.0. The summed E-state index contributed by atoms with van der Waals surface area (Å²) in [7, 11) is 1.76. The molecule has 268 valence electrons. The quantitative estimate of drug-likeness (QED) is 0.231. The van der Waals surface area contributed by atoms with Gasteiger partial charge in [0.1, 0.15) is 12.1 Å². The molecule has 4 atom stereocenters. The van der Waals surface area contributed by atoms with E-state index in [9.17, 15) is 19.2 Å². The van der Waals surface area contributed by atoms with Crippen LogP contribution in [0.2, 0.25) is 0 Å². The van der Waals surface area contributed by atoms with E-state index in [1.165, 1.54) is 0 Å². The first kappa shape index (κ1) is 38.9. The molecule has 0 aromatic carbocycles. The van der Waals surface area contributed by atoms with Crippen molar-refractivity contribution >= 4 is 23.6 Å². The fourth-order valence-corrected chi connectivity index (χ4v) is 7.14. The number of nitrogens with one attached hydrogen (secondary N) is 2. The van der Waals surface area contributed by atoms with Crippen molar-refractivity contribution in [3.05, 3.63) is 11.6 Å². The van der Waals surface area contributed by atoms with Crippen LogP contribution in [0.1, 0.15) is 93.9 Å². The normalized spacial score (nSPS) is 23.1. The average molecular weight is 661 g/mol. The largest absolute Gasteiger partial charge is 0.379 e. The van der Waals surface area contributed by atoms with Gasteiger partial charge in [0, 0.05) is 44.8 Å². The summed E-state index contributed by atoms with van der Waals surface area (Å²) in [6.45, 7) is 22.2. The monoisotopic (exact) mass is 660 g/mol. The molecule has 3 aliphatic heterocycles. The summed E-state index contributed by atoms with van der Waals surface area (Å²) >= 11 is 0. The van der Waals surface area contributed by atoms with Gasteiger partial charge in [-0.2, -0.15) is 0 Å². The van der Waals surface area contributed by atoms with Crippen molar-refractivity contribution in [1.29, 1.82) is 0 Å². The van der Waals surface area contributed by atoms with Crippen LogP contribution in [-0.2, 0) is 23.9 Å². The van der Waals surface area contributed by atoms with Gasteiger partial charge in [-0.1, -0.05) is 47.1 Å². The molecule has 0 aliphatic carbocycles. The maximum atomic E-state index is 14.2. The van der Waals surface area contributed by atoms with Crippen molar-refractivity contribution in [1.82, 2.24) is 30.2 Å². The van der Waals surface area contributed by atoms with E-state index in [4.69, 9.17) is 4.74 Å². The second-order valence-electron chi connectivity index (χ2n) is 15.4. The fourth-order valence-electron chi connectivity index (χ4n) is 7.14. The predicted molar refractivity (Wildman–Crippen MR) is 186 cm³/mol. The smallest absolute Gasteiger partial charge is 0.249 e. The van der Waals surface area contributed by atoms with Crippen LogP contribution in [-0.4, -0.2) is 133 Å². The predicted octanol–water partition coefficient (Wildman–Crippen LogP) is 3.04.